The predicted octanol–water partition coefficient (Wildman–Crippen LogP) is 4.33. The average molecular weight is 435 g/mol. The van der Waals surface area contributed by atoms with Crippen LogP contribution in [0, 0.1) is 13.8 Å². The van der Waals surface area contributed by atoms with Gasteiger partial charge in [-0.1, -0.05) is 65.9 Å². The van der Waals surface area contributed by atoms with Gasteiger partial charge >= 0.3 is 0 Å². The molecule has 3 aromatic rings. The maximum Gasteiger partial charge on any atom is 0.270 e. The van der Waals surface area contributed by atoms with Crippen LogP contribution < -0.4 is 10.0 Å². The number of carbonyl (C=O) groups is 2. The van der Waals surface area contributed by atoms with Gasteiger partial charge in [-0.25, -0.2) is 0 Å². The number of carboxylic acids is 1. The van der Waals surface area contributed by atoms with E-state index in [1.54, 1.807) is 35.2 Å². The largest absolute Gasteiger partial charge is 0.545 e. The van der Waals surface area contributed by atoms with Gasteiger partial charge in [0.05, 0.1) is 16.6 Å². The van der Waals surface area contributed by atoms with E-state index >= 15 is 0 Å². The van der Waals surface area contributed by atoms with Gasteiger partial charge in [0.2, 0.25) is 0 Å². The number of thioether (sulfide) groups is 1. The Morgan fingerprint density at radius 1 is 1.10 bits per heavy atom. The fourth-order valence-electron chi connectivity index (χ4n) is 3.22. The predicted molar refractivity (Wildman–Crippen MR) is 120 cm³/mol. The van der Waals surface area contributed by atoms with Crippen LogP contribution in [-0.2, 0) is 4.79 Å². The van der Waals surface area contributed by atoms with Crippen LogP contribution in [0.1, 0.15) is 27.2 Å². The van der Waals surface area contributed by atoms with E-state index in [1.165, 1.54) is 23.9 Å². The summed E-state index contributed by atoms with van der Waals surface area (Å²) in [5.41, 5.74) is 3.70. The number of carbonyl (C=O) groups excluding carboxylic acids is 2. The Labute approximate surface area is 183 Å². The van der Waals surface area contributed by atoms with Crippen LogP contribution in [0.15, 0.2) is 63.9 Å². The molecule has 150 valence electrons. The van der Waals surface area contributed by atoms with Gasteiger partial charge in [-0.2, -0.15) is 0 Å². The lowest BCUT2D eigenvalue weighted by molar-refractivity contribution is -0.255. The van der Waals surface area contributed by atoms with Gasteiger partial charge in [0.15, 0.2) is 4.32 Å². The SMILES string of the molecule is Cc1ccc(N2C(=O)/C(=C/c3ccc(-c4ccc(C(=O)[O-])cc4)o3)SC2=S)c(C)c1. The lowest BCUT2D eigenvalue weighted by Gasteiger charge is -2.17. The van der Waals surface area contributed by atoms with Crippen molar-refractivity contribution in [1.29, 1.82) is 0 Å². The summed E-state index contributed by atoms with van der Waals surface area (Å²) in [4.78, 5) is 25.9. The average Bonchev–Trinajstić information content (AvgIpc) is 3.28. The van der Waals surface area contributed by atoms with Crippen molar-refractivity contribution in [3.63, 3.8) is 0 Å². The Balaban J connectivity index is 1.59. The normalized spacial score (nSPS) is 15.3. The molecule has 0 aliphatic carbocycles. The molecule has 0 unspecified atom stereocenters. The highest BCUT2D eigenvalue weighted by Crippen LogP contribution is 2.38. The second kappa shape index (κ2) is 7.93. The maximum atomic E-state index is 13.0. The van der Waals surface area contributed by atoms with Gasteiger partial charge < -0.3 is 14.3 Å². The Morgan fingerprint density at radius 2 is 1.83 bits per heavy atom. The fraction of sp³-hybridized carbons (Fsp3) is 0.0870. The van der Waals surface area contributed by atoms with Crippen molar-refractivity contribution in [3.05, 3.63) is 82.0 Å². The number of hydrogen-bond acceptors (Lipinski definition) is 6. The Morgan fingerprint density at radius 3 is 2.50 bits per heavy atom. The van der Waals surface area contributed by atoms with Crippen LogP contribution in [0.25, 0.3) is 17.4 Å². The van der Waals surface area contributed by atoms with Crippen molar-refractivity contribution in [3.8, 4) is 11.3 Å². The summed E-state index contributed by atoms with van der Waals surface area (Å²) in [5, 5.41) is 10.9. The zero-order chi connectivity index (χ0) is 21.4. The number of anilines is 1. The number of amides is 1. The van der Waals surface area contributed by atoms with Gasteiger partial charge in [-0.15, -0.1) is 0 Å². The molecule has 0 atom stereocenters. The molecular formula is C23H16NO4S2-. The molecule has 0 radical (unpaired) electrons. The molecule has 30 heavy (non-hydrogen) atoms. The first-order valence-corrected chi connectivity index (χ1v) is 10.3. The Bertz CT molecular complexity index is 1210. The zero-order valence-corrected chi connectivity index (χ0v) is 17.8. The number of benzene rings is 2. The highest BCUT2D eigenvalue weighted by Gasteiger charge is 2.34. The number of aryl methyl sites for hydroxylation is 2. The van der Waals surface area contributed by atoms with Crippen molar-refractivity contribution in [2.45, 2.75) is 13.8 Å². The number of nitrogens with zero attached hydrogens (tertiary/aromatic N) is 1. The van der Waals surface area contributed by atoms with Crippen molar-refractivity contribution in [2.75, 3.05) is 4.90 Å². The third-order valence-electron chi connectivity index (χ3n) is 4.69. The second-order valence-electron chi connectivity index (χ2n) is 6.87. The van der Waals surface area contributed by atoms with Gasteiger partial charge in [0, 0.05) is 11.6 Å². The summed E-state index contributed by atoms with van der Waals surface area (Å²) < 4.78 is 6.30. The van der Waals surface area contributed by atoms with Crippen LogP contribution in [0.2, 0.25) is 0 Å². The summed E-state index contributed by atoms with van der Waals surface area (Å²) in [6.07, 6.45) is 1.67. The molecule has 1 fully saturated rings. The number of aromatic carboxylic acids is 1. The lowest BCUT2D eigenvalue weighted by atomic mass is 10.1. The van der Waals surface area contributed by atoms with Crippen LogP contribution >= 0.6 is 24.0 Å². The molecule has 1 aliphatic heterocycles. The number of thiocarbonyl (C=S) groups is 1. The molecule has 0 spiro atoms. The van der Waals surface area contributed by atoms with Gasteiger partial charge in [0.25, 0.3) is 5.91 Å². The highest BCUT2D eigenvalue weighted by molar-refractivity contribution is 8.27. The Kier molecular flexibility index (Phi) is 5.32. The van der Waals surface area contributed by atoms with Gasteiger partial charge in [-0.3, -0.25) is 9.69 Å². The topological polar surface area (TPSA) is 73.6 Å². The minimum absolute atomic E-state index is 0.0978. The van der Waals surface area contributed by atoms with Crippen LogP contribution in [-0.4, -0.2) is 16.2 Å². The van der Waals surface area contributed by atoms with Gasteiger partial charge in [0.1, 0.15) is 11.5 Å². The molecule has 0 bridgehead atoms. The molecule has 0 N–H and O–H groups in total. The summed E-state index contributed by atoms with van der Waals surface area (Å²) in [5.74, 6) is -0.341. The first-order valence-electron chi connectivity index (χ1n) is 9.10. The van der Waals surface area contributed by atoms with E-state index in [4.69, 9.17) is 16.6 Å². The molecule has 4 rings (SSSR count). The third-order valence-corrected chi connectivity index (χ3v) is 5.99. The molecule has 1 saturated heterocycles. The molecule has 1 aromatic heterocycles. The summed E-state index contributed by atoms with van der Waals surface area (Å²) >= 11 is 6.68. The van der Waals surface area contributed by atoms with Crippen LogP contribution in [0.4, 0.5) is 5.69 Å². The second-order valence-corrected chi connectivity index (χ2v) is 8.55. The quantitative estimate of drug-likeness (QED) is 0.449. The van der Waals surface area contributed by atoms with E-state index in [1.807, 2.05) is 32.0 Å². The van der Waals surface area contributed by atoms with E-state index in [9.17, 15) is 14.7 Å². The zero-order valence-electron chi connectivity index (χ0n) is 16.2. The number of hydrogen-bond donors (Lipinski definition) is 0. The minimum atomic E-state index is -1.23. The first-order chi connectivity index (χ1) is 14.3. The molecule has 7 heteroatoms. The number of rotatable bonds is 4. The number of carboxylic acid groups (broad SMARTS) is 1. The van der Waals surface area contributed by atoms with Gasteiger partial charge in [-0.05, 0) is 43.2 Å². The van der Waals surface area contributed by atoms with Crippen molar-refractivity contribution in [1.82, 2.24) is 0 Å². The summed E-state index contributed by atoms with van der Waals surface area (Å²) in [6.45, 7) is 3.96. The minimum Gasteiger partial charge on any atom is -0.545 e. The molecule has 2 heterocycles. The van der Waals surface area contributed by atoms with E-state index < -0.39 is 5.97 Å². The first kappa shape index (κ1) is 20.1. The van der Waals surface area contributed by atoms with E-state index in [2.05, 4.69) is 0 Å². The van der Waals surface area contributed by atoms with Crippen LogP contribution in [0.5, 0.6) is 0 Å². The molecule has 1 aliphatic rings. The molecule has 5 nitrogen and oxygen atoms in total. The van der Waals surface area contributed by atoms with Crippen molar-refractivity contribution in [2.24, 2.45) is 0 Å². The smallest absolute Gasteiger partial charge is 0.270 e. The lowest BCUT2D eigenvalue weighted by Crippen LogP contribution is -2.28. The van der Waals surface area contributed by atoms with E-state index in [-0.39, 0.29) is 11.5 Å². The molecule has 1 amide bonds. The highest BCUT2D eigenvalue weighted by atomic mass is 32.2. The van der Waals surface area contributed by atoms with Crippen molar-refractivity contribution >= 4 is 51.9 Å². The van der Waals surface area contributed by atoms with Crippen molar-refractivity contribution < 1.29 is 19.1 Å². The number of furan rings is 1. The third kappa shape index (κ3) is 3.81. The van der Waals surface area contributed by atoms with E-state index in [0.29, 0.717) is 20.7 Å². The molecule has 0 saturated carbocycles. The molecular weight excluding hydrogens is 418 g/mol. The Hall–Kier alpha value is -3.16. The summed E-state index contributed by atoms with van der Waals surface area (Å²) in [6, 6.07) is 15.6. The summed E-state index contributed by atoms with van der Waals surface area (Å²) in [7, 11) is 0. The van der Waals surface area contributed by atoms with Crippen LogP contribution in [0.3, 0.4) is 0 Å². The fourth-order valence-corrected chi connectivity index (χ4v) is 4.48. The standard InChI is InChI=1S/C23H17NO4S2/c1-13-3-9-18(14(2)11-13)24-21(25)20(30-23(24)29)12-17-8-10-19(28-17)15-4-6-16(7-5-15)22(26)27/h3-12H,1-2H3,(H,26,27)/p-1/b20-12-. The monoisotopic (exact) mass is 434 g/mol. The van der Waals surface area contributed by atoms with E-state index in [0.717, 1.165) is 22.4 Å². The molecule has 2 aromatic carbocycles. The maximum absolute atomic E-state index is 13.0.